The summed E-state index contributed by atoms with van der Waals surface area (Å²) in [4.78, 5) is 13.2. The van der Waals surface area contributed by atoms with Gasteiger partial charge in [-0.3, -0.25) is 0 Å². The molecule has 0 amide bonds. The van der Waals surface area contributed by atoms with Gasteiger partial charge >= 0.3 is 0 Å². The summed E-state index contributed by atoms with van der Waals surface area (Å²) < 4.78 is 13.2. The number of hydrogen-bond donors (Lipinski definition) is 1. The third kappa shape index (κ3) is 3.25. The Hall–Kier alpha value is -2.05. The molecule has 1 N–H and O–H groups in total. The summed E-state index contributed by atoms with van der Waals surface area (Å²) >= 11 is 1.69. The Kier molecular flexibility index (Phi) is 4.78. The predicted octanol–water partition coefficient (Wildman–Crippen LogP) is 4.16. The van der Waals surface area contributed by atoms with Gasteiger partial charge in [0, 0.05) is 11.4 Å². The Morgan fingerprint density at radius 2 is 1.88 bits per heavy atom. The predicted molar refractivity (Wildman–Crippen MR) is 98.2 cm³/mol. The number of aromatic nitrogens is 2. The molecule has 3 aromatic rings. The van der Waals surface area contributed by atoms with Crippen LogP contribution in [0.4, 0.5) is 10.2 Å². The molecule has 0 aliphatic heterocycles. The SMILES string of the molecule is Cc1sc2ncnc(NC[C@@H](c3ccc(F)cc3)N(C)C)c2c1C. The van der Waals surface area contributed by atoms with E-state index >= 15 is 0 Å². The molecule has 0 bridgehead atoms. The van der Waals surface area contributed by atoms with E-state index in [0.717, 1.165) is 21.6 Å². The number of rotatable bonds is 5. The number of benzene rings is 1. The van der Waals surface area contributed by atoms with Crippen molar-refractivity contribution < 1.29 is 4.39 Å². The Morgan fingerprint density at radius 3 is 2.54 bits per heavy atom. The van der Waals surface area contributed by atoms with Crippen LogP contribution in [-0.2, 0) is 0 Å². The number of nitrogens with one attached hydrogen (secondary N) is 1. The lowest BCUT2D eigenvalue weighted by Crippen LogP contribution is -2.27. The van der Waals surface area contributed by atoms with E-state index < -0.39 is 0 Å². The lowest BCUT2D eigenvalue weighted by molar-refractivity contribution is 0.311. The van der Waals surface area contributed by atoms with Gasteiger partial charge in [0.25, 0.3) is 0 Å². The van der Waals surface area contributed by atoms with Crippen LogP contribution in [0.25, 0.3) is 10.2 Å². The van der Waals surface area contributed by atoms with Gasteiger partial charge in [0.05, 0.1) is 11.4 Å². The zero-order valence-electron chi connectivity index (χ0n) is 14.3. The number of aryl methyl sites for hydroxylation is 2. The van der Waals surface area contributed by atoms with Crippen LogP contribution in [0, 0.1) is 19.7 Å². The third-order valence-corrected chi connectivity index (χ3v) is 5.42. The highest BCUT2D eigenvalue weighted by molar-refractivity contribution is 7.18. The number of anilines is 1. The van der Waals surface area contributed by atoms with Crippen LogP contribution in [0.15, 0.2) is 30.6 Å². The first kappa shape index (κ1) is 16.8. The van der Waals surface area contributed by atoms with Crippen molar-refractivity contribution in [1.29, 1.82) is 0 Å². The molecular weight excluding hydrogens is 323 g/mol. The van der Waals surface area contributed by atoms with Crippen molar-refractivity contribution in [3.05, 3.63) is 52.4 Å². The maximum atomic E-state index is 13.2. The molecule has 4 nitrogen and oxygen atoms in total. The van der Waals surface area contributed by atoms with E-state index in [9.17, 15) is 4.39 Å². The maximum absolute atomic E-state index is 13.2. The van der Waals surface area contributed by atoms with Crippen LogP contribution in [0.2, 0.25) is 0 Å². The van der Waals surface area contributed by atoms with E-state index in [-0.39, 0.29) is 11.9 Å². The lowest BCUT2D eigenvalue weighted by Gasteiger charge is -2.25. The van der Waals surface area contributed by atoms with E-state index in [1.807, 2.05) is 26.2 Å². The molecule has 1 atom stereocenters. The topological polar surface area (TPSA) is 41.1 Å². The number of likely N-dealkylation sites (N-methyl/N-ethyl adjacent to an activating group) is 1. The highest BCUT2D eigenvalue weighted by Crippen LogP contribution is 2.32. The average Bonchev–Trinajstić information content (AvgIpc) is 2.84. The van der Waals surface area contributed by atoms with Crippen LogP contribution in [0.3, 0.4) is 0 Å². The van der Waals surface area contributed by atoms with Crippen molar-refractivity contribution in [2.75, 3.05) is 26.0 Å². The summed E-state index contributed by atoms with van der Waals surface area (Å²) in [6, 6.07) is 6.78. The fourth-order valence-electron chi connectivity index (χ4n) is 2.79. The van der Waals surface area contributed by atoms with Crippen LogP contribution in [0.5, 0.6) is 0 Å². The molecule has 24 heavy (non-hydrogen) atoms. The number of nitrogens with zero attached hydrogens (tertiary/aromatic N) is 3. The molecule has 0 spiro atoms. The fraction of sp³-hybridized carbons (Fsp3) is 0.333. The molecule has 1 aromatic carbocycles. The standard InChI is InChI=1S/C18H21FN4S/c1-11-12(2)24-18-16(11)17(21-10-22-18)20-9-15(23(3)4)13-5-7-14(19)8-6-13/h5-8,10,15H,9H2,1-4H3,(H,20,21,22)/t15-/m0/s1. The minimum absolute atomic E-state index is 0.121. The molecule has 0 aliphatic rings. The highest BCUT2D eigenvalue weighted by atomic mass is 32.1. The zero-order valence-corrected chi connectivity index (χ0v) is 15.1. The van der Waals surface area contributed by atoms with Crippen LogP contribution < -0.4 is 5.32 Å². The van der Waals surface area contributed by atoms with Crippen molar-refractivity contribution in [2.24, 2.45) is 0 Å². The first-order valence-electron chi connectivity index (χ1n) is 7.84. The second kappa shape index (κ2) is 6.83. The quantitative estimate of drug-likeness (QED) is 0.754. The Morgan fingerprint density at radius 1 is 1.17 bits per heavy atom. The van der Waals surface area contributed by atoms with Gasteiger partial charge in [0.2, 0.25) is 0 Å². The summed E-state index contributed by atoms with van der Waals surface area (Å²) in [5, 5.41) is 4.55. The summed E-state index contributed by atoms with van der Waals surface area (Å²) in [6.45, 7) is 4.89. The normalized spacial score (nSPS) is 12.8. The molecule has 2 heterocycles. The van der Waals surface area contributed by atoms with Crippen molar-refractivity contribution in [3.63, 3.8) is 0 Å². The number of thiophene rings is 1. The minimum atomic E-state index is -0.217. The molecule has 6 heteroatoms. The number of fused-ring (bicyclic) bond motifs is 1. The molecular formula is C18H21FN4S. The van der Waals surface area contributed by atoms with Gasteiger partial charge in [0.1, 0.15) is 22.8 Å². The second-order valence-corrected chi connectivity index (χ2v) is 7.30. The molecule has 0 fully saturated rings. The van der Waals surface area contributed by atoms with E-state index in [0.29, 0.717) is 6.54 Å². The van der Waals surface area contributed by atoms with E-state index in [1.165, 1.54) is 22.6 Å². The summed E-state index contributed by atoms with van der Waals surface area (Å²) in [6.07, 6.45) is 1.60. The summed E-state index contributed by atoms with van der Waals surface area (Å²) in [5.74, 6) is 0.641. The fourth-order valence-corrected chi connectivity index (χ4v) is 3.79. The van der Waals surface area contributed by atoms with Crippen LogP contribution in [0.1, 0.15) is 22.0 Å². The Labute approximate surface area is 145 Å². The van der Waals surface area contributed by atoms with Crippen molar-refractivity contribution in [2.45, 2.75) is 19.9 Å². The smallest absolute Gasteiger partial charge is 0.138 e. The third-order valence-electron chi connectivity index (χ3n) is 4.31. The van der Waals surface area contributed by atoms with Crippen LogP contribution >= 0.6 is 11.3 Å². The van der Waals surface area contributed by atoms with Crippen molar-refractivity contribution in [3.8, 4) is 0 Å². The number of hydrogen-bond acceptors (Lipinski definition) is 5. The molecule has 0 aliphatic carbocycles. The van der Waals surface area contributed by atoms with Gasteiger partial charge in [-0.05, 0) is 51.2 Å². The maximum Gasteiger partial charge on any atom is 0.138 e. The first-order valence-corrected chi connectivity index (χ1v) is 8.65. The molecule has 0 saturated heterocycles. The van der Waals surface area contributed by atoms with Crippen molar-refractivity contribution in [1.82, 2.24) is 14.9 Å². The van der Waals surface area contributed by atoms with E-state index in [4.69, 9.17) is 0 Å². The molecule has 3 rings (SSSR count). The monoisotopic (exact) mass is 344 g/mol. The van der Waals surface area contributed by atoms with E-state index in [1.54, 1.807) is 17.7 Å². The van der Waals surface area contributed by atoms with Crippen LogP contribution in [-0.4, -0.2) is 35.5 Å². The lowest BCUT2D eigenvalue weighted by atomic mass is 10.1. The van der Waals surface area contributed by atoms with Gasteiger partial charge in [-0.25, -0.2) is 14.4 Å². The average molecular weight is 344 g/mol. The zero-order chi connectivity index (χ0) is 17.3. The largest absolute Gasteiger partial charge is 0.368 e. The molecule has 0 radical (unpaired) electrons. The van der Waals surface area contributed by atoms with Gasteiger partial charge in [-0.1, -0.05) is 12.1 Å². The van der Waals surface area contributed by atoms with Gasteiger partial charge in [0.15, 0.2) is 0 Å². The summed E-state index contributed by atoms with van der Waals surface area (Å²) in [5.41, 5.74) is 2.29. The van der Waals surface area contributed by atoms with Gasteiger partial charge < -0.3 is 10.2 Å². The van der Waals surface area contributed by atoms with Gasteiger partial charge in [-0.2, -0.15) is 0 Å². The Bertz CT molecular complexity index is 842. The molecule has 2 aromatic heterocycles. The molecule has 0 saturated carbocycles. The highest BCUT2D eigenvalue weighted by Gasteiger charge is 2.17. The second-order valence-electron chi connectivity index (χ2n) is 6.10. The first-order chi connectivity index (χ1) is 11.5. The van der Waals surface area contributed by atoms with E-state index in [2.05, 4.69) is 34.0 Å². The molecule has 126 valence electrons. The number of halogens is 1. The molecule has 0 unspecified atom stereocenters. The van der Waals surface area contributed by atoms with Gasteiger partial charge in [-0.15, -0.1) is 11.3 Å². The summed E-state index contributed by atoms with van der Waals surface area (Å²) in [7, 11) is 4.04. The van der Waals surface area contributed by atoms with Crippen molar-refractivity contribution >= 4 is 27.4 Å². The Balaban J connectivity index is 1.86. The minimum Gasteiger partial charge on any atom is -0.368 e.